The van der Waals surface area contributed by atoms with Gasteiger partial charge in [0.15, 0.2) is 0 Å². The van der Waals surface area contributed by atoms with Crippen LogP contribution in [0, 0.1) is 0 Å². The van der Waals surface area contributed by atoms with Gasteiger partial charge in [-0.15, -0.1) is 11.3 Å². The predicted octanol–water partition coefficient (Wildman–Crippen LogP) is 3.82. The highest BCUT2D eigenvalue weighted by Crippen LogP contribution is 2.27. The fraction of sp³-hybridized carbons (Fsp3) is 0.375. The number of ether oxygens (including phenoxy) is 1. The third-order valence-electron chi connectivity index (χ3n) is 3.30. The van der Waals surface area contributed by atoms with Gasteiger partial charge in [0.25, 0.3) is 0 Å². The molecule has 0 radical (unpaired) electrons. The van der Waals surface area contributed by atoms with E-state index in [1.54, 1.807) is 7.11 Å². The minimum Gasteiger partial charge on any atom is -0.497 e. The fourth-order valence-electron chi connectivity index (χ4n) is 2.15. The van der Waals surface area contributed by atoms with Gasteiger partial charge in [-0.05, 0) is 49.7 Å². The van der Waals surface area contributed by atoms with Crippen molar-refractivity contribution >= 4 is 11.3 Å². The number of methoxy groups -OCH3 is 1. The summed E-state index contributed by atoms with van der Waals surface area (Å²) in [5.41, 5.74) is 1.30. The third kappa shape index (κ3) is 3.58. The van der Waals surface area contributed by atoms with Crippen molar-refractivity contribution in [1.29, 1.82) is 0 Å². The van der Waals surface area contributed by atoms with Crippen molar-refractivity contribution < 1.29 is 4.74 Å². The van der Waals surface area contributed by atoms with Crippen LogP contribution in [0.25, 0.3) is 0 Å². The molecule has 0 aliphatic carbocycles. The molecule has 0 saturated carbocycles. The van der Waals surface area contributed by atoms with Crippen LogP contribution < -0.4 is 10.1 Å². The molecule has 1 aromatic heterocycles. The predicted molar refractivity (Wildman–Crippen MR) is 82.2 cm³/mol. The molecule has 1 heterocycles. The van der Waals surface area contributed by atoms with Gasteiger partial charge in [-0.25, -0.2) is 0 Å². The maximum atomic E-state index is 5.28. The topological polar surface area (TPSA) is 21.3 Å². The Morgan fingerprint density at radius 1 is 1.26 bits per heavy atom. The zero-order chi connectivity index (χ0) is 13.7. The van der Waals surface area contributed by atoms with Gasteiger partial charge < -0.3 is 10.1 Å². The lowest BCUT2D eigenvalue weighted by atomic mass is 10.0. The molecule has 2 rings (SSSR count). The molecule has 2 aromatic rings. The van der Waals surface area contributed by atoms with Crippen LogP contribution in [-0.2, 0) is 12.8 Å². The van der Waals surface area contributed by atoms with Crippen LogP contribution >= 0.6 is 11.3 Å². The molecule has 19 heavy (non-hydrogen) atoms. The summed E-state index contributed by atoms with van der Waals surface area (Å²) in [6.45, 7) is 2.20. The molecule has 102 valence electrons. The second kappa shape index (κ2) is 6.73. The standard InChI is InChI=1S/C16H21NOS/c1-4-14-8-9-16(19-14)15(17-2)11-12-6-5-7-13(10-12)18-3/h5-10,15,17H,4,11H2,1-3H3. The van der Waals surface area contributed by atoms with E-state index in [1.165, 1.54) is 15.3 Å². The normalized spacial score (nSPS) is 12.4. The molecule has 0 saturated heterocycles. The Morgan fingerprint density at radius 3 is 2.74 bits per heavy atom. The molecule has 0 amide bonds. The fourth-order valence-corrected chi connectivity index (χ4v) is 3.21. The lowest BCUT2D eigenvalue weighted by molar-refractivity contribution is 0.414. The quantitative estimate of drug-likeness (QED) is 0.865. The number of rotatable bonds is 6. The van der Waals surface area contributed by atoms with E-state index in [0.717, 1.165) is 18.6 Å². The number of nitrogens with one attached hydrogen (secondary N) is 1. The van der Waals surface area contributed by atoms with Crippen LogP contribution in [0.15, 0.2) is 36.4 Å². The Labute approximate surface area is 119 Å². The summed E-state index contributed by atoms with van der Waals surface area (Å²) in [5, 5.41) is 3.41. The van der Waals surface area contributed by atoms with E-state index in [1.807, 2.05) is 30.5 Å². The van der Waals surface area contributed by atoms with Crippen LogP contribution in [0.4, 0.5) is 0 Å². The first-order valence-electron chi connectivity index (χ1n) is 6.65. The van der Waals surface area contributed by atoms with Crippen LogP contribution in [-0.4, -0.2) is 14.2 Å². The molecule has 1 N–H and O–H groups in total. The van der Waals surface area contributed by atoms with Crippen molar-refractivity contribution in [2.24, 2.45) is 0 Å². The van der Waals surface area contributed by atoms with Crippen molar-refractivity contribution in [2.75, 3.05) is 14.2 Å². The van der Waals surface area contributed by atoms with E-state index >= 15 is 0 Å². The molecule has 0 bridgehead atoms. The SMILES string of the molecule is CCc1ccc(C(Cc2cccc(OC)c2)NC)s1. The Morgan fingerprint density at radius 2 is 2.11 bits per heavy atom. The van der Waals surface area contributed by atoms with Crippen molar-refractivity contribution in [2.45, 2.75) is 25.8 Å². The van der Waals surface area contributed by atoms with Gasteiger partial charge in [-0.3, -0.25) is 0 Å². The highest BCUT2D eigenvalue weighted by atomic mass is 32.1. The zero-order valence-electron chi connectivity index (χ0n) is 11.8. The molecule has 2 nitrogen and oxygen atoms in total. The third-order valence-corrected chi connectivity index (χ3v) is 4.64. The first kappa shape index (κ1) is 14.1. The van der Waals surface area contributed by atoms with Gasteiger partial charge in [0.2, 0.25) is 0 Å². The molecular weight excluding hydrogens is 254 g/mol. The van der Waals surface area contributed by atoms with Crippen molar-refractivity contribution in [3.63, 3.8) is 0 Å². The van der Waals surface area contributed by atoms with E-state index < -0.39 is 0 Å². The molecule has 0 fully saturated rings. The van der Waals surface area contributed by atoms with E-state index in [0.29, 0.717) is 6.04 Å². The van der Waals surface area contributed by atoms with Gasteiger partial charge in [-0.1, -0.05) is 19.1 Å². The summed E-state index contributed by atoms with van der Waals surface area (Å²) in [6, 6.07) is 13.1. The largest absolute Gasteiger partial charge is 0.497 e. The van der Waals surface area contributed by atoms with Crippen molar-refractivity contribution in [1.82, 2.24) is 5.32 Å². The number of aryl methyl sites for hydroxylation is 1. The highest BCUT2D eigenvalue weighted by Gasteiger charge is 2.12. The first-order valence-corrected chi connectivity index (χ1v) is 7.47. The maximum absolute atomic E-state index is 5.28. The minimum absolute atomic E-state index is 0.373. The van der Waals surface area contributed by atoms with E-state index in [9.17, 15) is 0 Å². The summed E-state index contributed by atoms with van der Waals surface area (Å²) in [5.74, 6) is 0.924. The molecule has 3 heteroatoms. The molecule has 0 aliphatic heterocycles. The molecular formula is C16H21NOS. The zero-order valence-corrected chi connectivity index (χ0v) is 12.6. The van der Waals surface area contributed by atoms with Gasteiger partial charge in [0.05, 0.1) is 7.11 Å². The maximum Gasteiger partial charge on any atom is 0.119 e. The summed E-state index contributed by atoms with van der Waals surface area (Å²) < 4.78 is 5.28. The highest BCUT2D eigenvalue weighted by molar-refractivity contribution is 7.12. The van der Waals surface area contributed by atoms with E-state index in [-0.39, 0.29) is 0 Å². The van der Waals surface area contributed by atoms with Gasteiger partial charge in [0.1, 0.15) is 5.75 Å². The van der Waals surface area contributed by atoms with Crippen molar-refractivity contribution in [3.05, 3.63) is 51.7 Å². The molecule has 0 aliphatic rings. The van der Waals surface area contributed by atoms with Crippen LogP contribution in [0.2, 0.25) is 0 Å². The number of hydrogen-bond acceptors (Lipinski definition) is 3. The summed E-state index contributed by atoms with van der Waals surface area (Å²) in [7, 11) is 3.73. The van der Waals surface area contributed by atoms with Crippen LogP contribution in [0.1, 0.15) is 28.3 Å². The number of hydrogen-bond donors (Lipinski definition) is 1. The Kier molecular flexibility index (Phi) is 5.00. The van der Waals surface area contributed by atoms with Gasteiger partial charge in [0, 0.05) is 15.8 Å². The van der Waals surface area contributed by atoms with E-state index in [4.69, 9.17) is 4.74 Å². The minimum atomic E-state index is 0.373. The smallest absolute Gasteiger partial charge is 0.119 e. The van der Waals surface area contributed by atoms with E-state index in [2.05, 4.69) is 36.5 Å². The lowest BCUT2D eigenvalue weighted by Crippen LogP contribution is -2.17. The summed E-state index contributed by atoms with van der Waals surface area (Å²) in [6.07, 6.45) is 2.09. The molecule has 1 unspecified atom stereocenters. The van der Waals surface area contributed by atoms with Gasteiger partial charge >= 0.3 is 0 Å². The average Bonchev–Trinajstić information content (AvgIpc) is 2.93. The number of benzene rings is 1. The van der Waals surface area contributed by atoms with Crippen LogP contribution in [0.5, 0.6) is 5.75 Å². The second-order valence-corrected chi connectivity index (χ2v) is 5.75. The van der Waals surface area contributed by atoms with Gasteiger partial charge in [-0.2, -0.15) is 0 Å². The Balaban J connectivity index is 2.13. The Bertz CT molecular complexity index is 521. The Hall–Kier alpha value is -1.32. The second-order valence-electron chi connectivity index (χ2n) is 4.55. The lowest BCUT2D eigenvalue weighted by Gasteiger charge is -2.15. The average molecular weight is 275 g/mol. The number of likely N-dealkylation sites (N-methyl/N-ethyl adjacent to an activating group) is 1. The molecule has 1 aromatic carbocycles. The monoisotopic (exact) mass is 275 g/mol. The summed E-state index contributed by atoms with van der Waals surface area (Å²) in [4.78, 5) is 2.85. The van der Waals surface area contributed by atoms with Crippen LogP contribution in [0.3, 0.4) is 0 Å². The van der Waals surface area contributed by atoms with Crippen molar-refractivity contribution in [3.8, 4) is 5.75 Å². The molecule has 1 atom stereocenters. The molecule has 0 spiro atoms. The summed E-state index contributed by atoms with van der Waals surface area (Å²) >= 11 is 1.90. The first-order chi connectivity index (χ1) is 9.26. The number of thiophene rings is 1.